The van der Waals surface area contributed by atoms with E-state index in [1.165, 1.54) is 4.90 Å². The van der Waals surface area contributed by atoms with Crippen molar-refractivity contribution in [2.24, 2.45) is 0 Å². The Hall–Kier alpha value is -3.28. The Labute approximate surface area is 164 Å². The molecule has 2 amide bonds. The topological polar surface area (TPSA) is 71.8 Å². The molecule has 3 rings (SSSR count). The first kappa shape index (κ1) is 19.5. The number of aryl methyl sites for hydroxylation is 2. The van der Waals surface area contributed by atoms with Gasteiger partial charge in [-0.2, -0.15) is 0 Å². The van der Waals surface area contributed by atoms with Crippen molar-refractivity contribution in [3.63, 3.8) is 0 Å². The summed E-state index contributed by atoms with van der Waals surface area (Å²) in [5.74, 6) is 0.306. The fourth-order valence-corrected chi connectivity index (χ4v) is 2.99. The number of anilines is 1. The highest BCUT2D eigenvalue weighted by Gasteiger charge is 2.17. The lowest BCUT2D eigenvalue weighted by molar-refractivity contribution is -0.132. The zero-order valence-corrected chi connectivity index (χ0v) is 16.5. The van der Waals surface area contributed by atoms with Gasteiger partial charge in [0.05, 0.1) is 26.3 Å². The lowest BCUT2D eigenvalue weighted by atomic mass is 10.1. The molecule has 3 aromatic rings. The van der Waals surface area contributed by atoms with E-state index in [1.807, 2.05) is 44.2 Å². The van der Waals surface area contributed by atoms with Crippen molar-refractivity contribution in [1.82, 2.24) is 4.90 Å². The molecule has 1 N–H and O–H groups in total. The third-order valence-electron chi connectivity index (χ3n) is 4.68. The number of furan rings is 1. The lowest BCUT2D eigenvalue weighted by Gasteiger charge is -2.17. The second kappa shape index (κ2) is 8.17. The van der Waals surface area contributed by atoms with Crippen molar-refractivity contribution in [2.45, 2.75) is 20.3 Å². The van der Waals surface area contributed by atoms with E-state index < -0.39 is 0 Å². The lowest BCUT2D eigenvalue weighted by Crippen LogP contribution is -2.35. The summed E-state index contributed by atoms with van der Waals surface area (Å²) in [6, 6.07) is 11.3. The van der Waals surface area contributed by atoms with Crippen molar-refractivity contribution in [2.75, 3.05) is 26.0 Å². The molecule has 0 aliphatic heterocycles. The number of methoxy groups -OCH3 is 1. The molecule has 0 saturated carbocycles. The van der Waals surface area contributed by atoms with Gasteiger partial charge in [0.15, 0.2) is 0 Å². The molecule has 0 spiro atoms. The Morgan fingerprint density at radius 2 is 1.93 bits per heavy atom. The minimum atomic E-state index is -0.230. The summed E-state index contributed by atoms with van der Waals surface area (Å²) in [5, 5.41) is 3.74. The van der Waals surface area contributed by atoms with Crippen LogP contribution in [0.4, 0.5) is 5.69 Å². The number of nitrogens with one attached hydrogen (secondary N) is 1. The minimum absolute atomic E-state index is 0.0180. The number of ether oxygens (including phenoxy) is 1. The highest BCUT2D eigenvalue weighted by molar-refractivity contribution is 5.96. The van der Waals surface area contributed by atoms with Gasteiger partial charge in [-0.1, -0.05) is 12.1 Å². The summed E-state index contributed by atoms with van der Waals surface area (Å²) >= 11 is 0. The molecule has 6 nitrogen and oxygen atoms in total. The number of benzene rings is 2. The maximum Gasteiger partial charge on any atom is 0.243 e. The van der Waals surface area contributed by atoms with Gasteiger partial charge >= 0.3 is 0 Å². The van der Waals surface area contributed by atoms with Gasteiger partial charge in [0, 0.05) is 29.8 Å². The van der Waals surface area contributed by atoms with Crippen LogP contribution in [0.15, 0.2) is 47.1 Å². The van der Waals surface area contributed by atoms with Crippen LogP contribution in [-0.4, -0.2) is 37.4 Å². The van der Waals surface area contributed by atoms with Crippen LogP contribution in [0.25, 0.3) is 11.0 Å². The van der Waals surface area contributed by atoms with Crippen LogP contribution in [0.3, 0.4) is 0 Å². The van der Waals surface area contributed by atoms with Gasteiger partial charge in [0.1, 0.15) is 11.3 Å². The highest BCUT2D eigenvalue weighted by Crippen LogP contribution is 2.26. The third-order valence-corrected chi connectivity index (χ3v) is 4.68. The number of fused-ring (bicyclic) bond motifs is 1. The van der Waals surface area contributed by atoms with Gasteiger partial charge in [0.25, 0.3) is 0 Å². The zero-order valence-electron chi connectivity index (χ0n) is 16.5. The number of carbonyl (C=O) groups excluding carboxylic acids is 2. The predicted molar refractivity (Wildman–Crippen MR) is 109 cm³/mol. The Bertz CT molecular complexity index is 1020. The Kier molecular flexibility index (Phi) is 5.68. The van der Waals surface area contributed by atoms with Gasteiger partial charge in [-0.25, -0.2) is 0 Å². The quantitative estimate of drug-likeness (QED) is 0.708. The van der Waals surface area contributed by atoms with Crippen LogP contribution in [0.5, 0.6) is 5.75 Å². The monoisotopic (exact) mass is 380 g/mol. The molecule has 0 aliphatic rings. The molecule has 1 heterocycles. The van der Waals surface area contributed by atoms with E-state index in [1.54, 1.807) is 26.5 Å². The Morgan fingerprint density at radius 3 is 2.68 bits per heavy atom. The largest absolute Gasteiger partial charge is 0.497 e. The number of amides is 2. The molecule has 0 bridgehead atoms. The fraction of sp³-hybridized carbons (Fsp3) is 0.273. The van der Waals surface area contributed by atoms with Gasteiger partial charge in [-0.3, -0.25) is 9.59 Å². The molecule has 0 unspecified atom stereocenters. The number of likely N-dealkylation sites (N-methyl/N-ethyl adjacent to an activating group) is 1. The van der Waals surface area contributed by atoms with Crippen molar-refractivity contribution >= 4 is 28.5 Å². The highest BCUT2D eigenvalue weighted by atomic mass is 16.5. The number of hydrogen-bond acceptors (Lipinski definition) is 4. The average molecular weight is 380 g/mol. The molecule has 1 aromatic heterocycles. The molecule has 0 atom stereocenters. The standard InChI is InChI=1S/C22H24N2O4/c1-14-5-6-15(2)19(9-14)23-21(25)12-24(3)22(26)10-16-13-28-20-11-17(27-4)7-8-18(16)20/h5-9,11,13H,10,12H2,1-4H3,(H,23,25). The third kappa shape index (κ3) is 4.34. The first-order valence-corrected chi connectivity index (χ1v) is 9.02. The summed E-state index contributed by atoms with van der Waals surface area (Å²) in [4.78, 5) is 26.3. The number of nitrogens with zero attached hydrogens (tertiary/aromatic N) is 1. The summed E-state index contributed by atoms with van der Waals surface area (Å²) in [6.45, 7) is 3.88. The number of hydrogen-bond donors (Lipinski definition) is 1. The van der Waals surface area contributed by atoms with Crippen molar-refractivity contribution in [3.8, 4) is 5.75 Å². The maximum atomic E-state index is 12.6. The van der Waals surface area contributed by atoms with Crippen LogP contribution in [-0.2, 0) is 16.0 Å². The van der Waals surface area contributed by atoms with E-state index in [2.05, 4.69) is 5.32 Å². The van der Waals surface area contributed by atoms with Gasteiger partial charge in [-0.15, -0.1) is 0 Å². The van der Waals surface area contributed by atoms with Crippen LogP contribution in [0.2, 0.25) is 0 Å². The van der Waals surface area contributed by atoms with Gasteiger partial charge < -0.3 is 19.4 Å². The van der Waals surface area contributed by atoms with E-state index in [0.717, 1.165) is 27.8 Å². The molecule has 6 heteroatoms. The summed E-state index contributed by atoms with van der Waals surface area (Å²) in [7, 11) is 3.21. The van der Waals surface area contributed by atoms with Gasteiger partial charge in [0.2, 0.25) is 11.8 Å². The van der Waals surface area contributed by atoms with Crippen molar-refractivity contribution in [3.05, 3.63) is 59.4 Å². The average Bonchev–Trinajstić information content (AvgIpc) is 3.06. The summed E-state index contributed by atoms with van der Waals surface area (Å²) < 4.78 is 10.7. The number of carbonyl (C=O) groups is 2. The van der Waals surface area contributed by atoms with E-state index >= 15 is 0 Å². The minimum Gasteiger partial charge on any atom is -0.497 e. The summed E-state index contributed by atoms with van der Waals surface area (Å²) in [5.41, 5.74) is 4.25. The van der Waals surface area contributed by atoms with Crippen molar-refractivity contribution < 1.29 is 18.7 Å². The summed E-state index contributed by atoms with van der Waals surface area (Å²) in [6.07, 6.45) is 1.73. The Morgan fingerprint density at radius 1 is 1.14 bits per heavy atom. The second-order valence-corrected chi connectivity index (χ2v) is 6.92. The molecule has 2 aromatic carbocycles. The van der Waals surface area contributed by atoms with Crippen LogP contribution >= 0.6 is 0 Å². The second-order valence-electron chi connectivity index (χ2n) is 6.92. The van der Waals surface area contributed by atoms with Crippen LogP contribution in [0, 0.1) is 13.8 Å². The van der Waals surface area contributed by atoms with Gasteiger partial charge in [-0.05, 0) is 43.2 Å². The molecule has 28 heavy (non-hydrogen) atoms. The smallest absolute Gasteiger partial charge is 0.243 e. The van der Waals surface area contributed by atoms with Crippen LogP contribution < -0.4 is 10.1 Å². The first-order valence-electron chi connectivity index (χ1n) is 9.02. The molecule has 0 radical (unpaired) electrons. The number of rotatable bonds is 6. The molecule has 0 aliphatic carbocycles. The molecule has 0 fully saturated rings. The van der Waals surface area contributed by atoms with E-state index in [9.17, 15) is 9.59 Å². The van der Waals surface area contributed by atoms with Crippen molar-refractivity contribution in [1.29, 1.82) is 0 Å². The molecule has 146 valence electrons. The van der Waals surface area contributed by atoms with E-state index in [0.29, 0.717) is 11.3 Å². The first-order chi connectivity index (χ1) is 13.4. The Balaban J connectivity index is 1.63. The molecule has 0 saturated heterocycles. The predicted octanol–water partition coefficient (Wildman–Crippen LogP) is 3.70. The van der Waals surface area contributed by atoms with E-state index in [-0.39, 0.29) is 24.8 Å². The molecular weight excluding hydrogens is 356 g/mol. The van der Waals surface area contributed by atoms with E-state index in [4.69, 9.17) is 9.15 Å². The SMILES string of the molecule is COc1ccc2c(CC(=O)N(C)CC(=O)Nc3cc(C)ccc3C)coc2c1. The fourth-order valence-electron chi connectivity index (χ4n) is 2.99. The normalized spacial score (nSPS) is 10.7. The molecular formula is C22H24N2O4. The maximum absolute atomic E-state index is 12.6. The zero-order chi connectivity index (χ0) is 20.3. The van der Waals surface area contributed by atoms with Crippen LogP contribution in [0.1, 0.15) is 16.7 Å².